The van der Waals surface area contributed by atoms with Crippen molar-refractivity contribution >= 4 is 5.91 Å². The third-order valence-corrected chi connectivity index (χ3v) is 7.43. The number of nitrogens with zero attached hydrogens (tertiary/aromatic N) is 1. The highest BCUT2D eigenvalue weighted by Crippen LogP contribution is 2.60. The van der Waals surface area contributed by atoms with Crippen LogP contribution in [0.1, 0.15) is 54.4 Å². The van der Waals surface area contributed by atoms with Crippen molar-refractivity contribution in [3.05, 3.63) is 65.7 Å². The molecule has 0 aliphatic heterocycles. The van der Waals surface area contributed by atoms with Crippen LogP contribution in [0.3, 0.4) is 0 Å². The van der Waals surface area contributed by atoms with Crippen LogP contribution >= 0.6 is 0 Å². The van der Waals surface area contributed by atoms with Crippen LogP contribution in [0.2, 0.25) is 0 Å². The Bertz CT molecular complexity index is 823. The van der Waals surface area contributed by atoms with E-state index in [0.717, 1.165) is 41.2 Å². The number of rotatable bonds is 6. The third kappa shape index (κ3) is 3.92. The van der Waals surface area contributed by atoms with Gasteiger partial charge in [0.25, 0.3) is 5.91 Å². The molecule has 152 valence electrons. The molecule has 0 spiro atoms. The lowest BCUT2D eigenvalue weighted by Crippen LogP contribution is -2.51. The molecule has 4 fully saturated rings. The highest BCUT2D eigenvalue weighted by Gasteiger charge is 2.51. The van der Waals surface area contributed by atoms with Gasteiger partial charge in [0.1, 0.15) is 12.4 Å². The topological polar surface area (TPSA) is 29.5 Å². The van der Waals surface area contributed by atoms with Crippen molar-refractivity contribution in [1.29, 1.82) is 0 Å². The Morgan fingerprint density at radius 2 is 1.52 bits per heavy atom. The molecule has 3 heteroatoms. The highest BCUT2D eigenvalue weighted by atomic mass is 16.5. The van der Waals surface area contributed by atoms with Gasteiger partial charge in [-0.05, 0) is 91.5 Å². The minimum absolute atomic E-state index is 0.135. The first kappa shape index (κ1) is 18.7. The Kier molecular flexibility index (Phi) is 4.85. The number of hydrogen-bond donors (Lipinski definition) is 0. The second-order valence-electron chi connectivity index (χ2n) is 9.88. The monoisotopic (exact) mass is 389 g/mol. The Morgan fingerprint density at radius 3 is 2.10 bits per heavy atom. The van der Waals surface area contributed by atoms with E-state index in [0.29, 0.717) is 12.0 Å². The summed E-state index contributed by atoms with van der Waals surface area (Å²) in [5, 5.41) is 0. The summed E-state index contributed by atoms with van der Waals surface area (Å²) in [6.07, 6.45) is 8.35. The molecule has 0 unspecified atom stereocenters. The van der Waals surface area contributed by atoms with Gasteiger partial charge in [-0.3, -0.25) is 4.79 Å². The van der Waals surface area contributed by atoms with Crippen LogP contribution in [0.5, 0.6) is 5.75 Å². The fourth-order valence-corrected chi connectivity index (χ4v) is 6.71. The number of benzene rings is 2. The fourth-order valence-electron chi connectivity index (χ4n) is 6.71. The maximum atomic E-state index is 13.0. The Morgan fingerprint density at radius 1 is 0.931 bits per heavy atom. The van der Waals surface area contributed by atoms with E-state index in [-0.39, 0.29) is 5.91 Å². The summed E-state index contributed by atoms with van der Waals surface area (Å²) in [4.78, 5) is 15.0. The van der Waals surface area contributed by atoms with Crippen LogP contribution < -0.4 is 4.74 Å². The molecule has 2 aromatic carbocycles. The van der Waals surface area contributed by atoms with Crippen molar-refractivity contribution in [3.63, 3.8) is 0 Å². The Hall–Kier alpha value is -2.29. The summed E-state index contributed by atoms with van der Waals surface area (Å²) >= 11 is 0. The third-order valence-electron chi connectivity index (χ3n) is 7.43. The molecule has 4 bridgehead atoms. The molecular formula is C26H31NO2. The van der Waals surface area contributed by atoms with Gasteiger partial charge >= 0.3 is 0 Å². The lowest BCUT2D eigenvalue weighted by atomic mass is 9.49. The number of hydrogen-bond acceptors (Lipinski definition) is 2. The SMILES string of the molecule is CN(CC12CC3CC(CC(C3)C1)C2)C(=O)c1ccc(OCc2ccccc2)cc1. The van der Waals surface area contributed by atoms with Gasteiger partial charge in [0.2, 0.25) is 0 Å². The van der Waals surface area contributed by atoms with E-state index in [2.05, 4.69) is 12.1 Å². The van der Waals surface area contributed by atoms with Gasteiger partial charge in [-0.2, -0.15) is 0 Å². The average Bonchev–Trinajstić information content (AvgIpc) is 2.71. The number of carbonyl (C=O) groups is 1. The van der Waals surface area contributed by atoms with E-state index >= 15 is 0 Å². The van der Waals surface area contributed by atoms with Gasteiger partial charge < -0.3 is 9.64 Å². The van der Waals surface area contributed by atoms with E-state index in [1.807, 2.05) is 54.4 Å². The van der Waals surface area contributed by atoms with Gasteiger partial charge in [-0.15, -0.1) is 0 Å². The van der Waals surface area contributed by atoms with Crippen molar-refractivity contribution in [2.75, 3.05) is 13.6 Å². The van der Waals surface area contributed by atoms with Crippen LogP contribution in [-0.4, -0.2) is 24.4 Å². The van der Waals surface area contributed by atoms with Gasteiger partial charge in [-0.25, -0.2) is 0 Å². The molecule has 0 atom stereocenters. The summed E-state index contributed by atoms with van der Waals surface area (Å²) in [7, 11) is 1.99. The molecule has 3 nitrogen and oxygen atoms in total. The Balaban J connectivity index is 1.20. The van der Waals surface area contributed by atoms with Crippen molar-refractivity contribution in [2.24, 2.45) is 23.2 Å². The largest absolute Gasteiger partial charge is 0.489 e. The van der Waals surface area contributed by atoms with Gasteiger partial charge in [0.15, 0.2) is 0 Å². The first-order chi connectivity index (χ1) is 14.1. The molecule has 4 aliphatic carbocycles. The molecule has 0 heterocycles. The molecule has 1 amide bonds. The highest BCUT2D eigenvalue weighted by molar-refractivity contribution is 5.94. The standard InChI is InChI=1S/C26H31NO2/c1-27(18-26-14-20-11-21(15-26)13-22(12-20)16-26)25(28)23-7-9-24(10-8-23)29-17-19-5-3-2-4-6-19/h2-10,20-22H,11-18H2,1H3. The summed E-state index contributed by atoms with van der Waals surface area (Å²) < 4.78 is 5.85. The van der Waals surface area contributed by atoms with E-state index < -0.39 is 0 Å². The van der Waals surface area contributed by atoms with E-state index in [4.69, 9.17) is 4.74 Å². The lowest BCUT2D eigenvalue weighted by molar-refractivity contribution is -0.0629. The normalized spacial score (nSPS) is 29.6. The minimum atomic E-state index is 0.135. The van der Waals surface area contributed by atoms with Crippen LogP contribution in [0, 0.1) is 23.2 Å². The van der Waals surface area contributed by atoms with E-state index in [9.17, 15) is 4.79 Å². The second kappa shape index (κ2) is 7.51. The van der Waals surface area contributed by atoms with Crippen molar-refractivity contribution in [3.8, 4) is 5.75 Å². The van der Waals surface area contributed by atoms with Gasteiger partial charge in [0, 0.05) is 19.2 Å². The zero-order valence-electron chi connectivity index (χ0n) is 17.3. The maximum Gasteiger partial charge on any atom is 0.253 e. The zero-order chi connectivity index (χ0) is 19.8. The van der Waals surface area contributed by atoms with E-state index in [1.165, 1.54) is 38.5 Å². The minimum Gasteiger partial charge on any atom is -0.489 e. The molecule has 4 aliphatic rings. The molecule has 0 radical (unpaired) electrons. The molecule has 0 N–H and O–H groups in total. The van der Waals surface area contributed by atoms with Crippen LogP contribution in [0.4, 0.5) is 0 Å². The first-order valence-electron chi connectivity index (χ1n) is 11.1. The second-order valence-corrected chi connectivity index (χ2v) is 9.88. The number of carbonyl (C=O) groups excluding carboxylic acids is 1. The fraction of sp³-hybridized carbons (Fsp3) is 0.500. The van der Waals surface area contributed by atoms with Crippen LogP contribution in [0.25, 0.3) is 0 Å². The summed E-state index contributed by atoms with van der Waals surface area (Å²) in [6, 6.07) is 17.8. The molecule has 0 aromatic heterocycles. The maximum absolute atomic E-state index is 13.0. The molecular weight excluding hydrogens is 358 g/mol. The lowest BCUT2D eigenvalue weighted by Gasteiger charge is -2.57. The first-order valence-corrected chi connectivity index (χ1v) is 11.1. The Labute approximate surface area is 174 Å². The predicted octanol–water partition coefficient (Wildman–Crippen LogP) is 5.55. The van der Waals surface area contributed by atoms with Crippen molar-refractivity contribution < 1.29 is 9.53 Å². The van der Waals surface area contributed by atoms with Crippen molar-refractivity contribution in [2.45, 2.75) is 45.1 Å². The average molecular weight is 390 g/mol. The molecule has 29 heavy (non-hydrogen) atoms. The molecule has 6 rings (SSSR count). The zero-order valence-corrected chi connectivity index (χ0v) is 17.3. The molecule has 2 aromatic rings. The molecule has 0 saturated heterocycles. The summed E-state index contributed by atoms with van der Waals surface area (Å²) in [6.45, 7) is 1.46. The smallest absolute Gasteiger partial charge is 0.253 e. The van der Waals surface area contributed by atoms with Crippen molar-refractivity contribution in [1.82, 2.24) is 4.90 Å². The summed E-state index contributed by atoms with van der Waals surface area (Å²) in [5.41, 5.74) is 2.28. The van der Waals surface area contributed by atoms with Gasteiger partial charge in [0.05, 0.1) is 0 Å². The van der Waals surface area contributed by atoms with E-state index in [1.54, 1.807) is 0 Å². The number of ether oxygens (including phenoxy) is 1. The van der Waals surface area contributed by atoms with Gasteiger partial charge in [-0.1, -0.05) is 30.3 Å². The number of amides is 1. The summed E-state index contributed by atoms with van der Waals surface area (Å²) in [5.74, 6) is 3.70. The molecule has 4 saturated carbocycles. The quantitative estimate of drug-likeness (QED) is 0.648. The van der Waals surface area contributed by atoms with Crippen LogP contribution in [0.15, 0.2) is 54.6 Å². The van der Waals surface area contributed by atoms with Crippen LogP contribution in [-0.2, 0) is 6.61 Å². The predicted molar refractivity (Wildman–Crippen MR) is 115 cm³/mol.